The van der Waals surface area contributed by atoms with E-state index in [1.807, 2.05) is 10.0 Å². The molecule has 22 heavy (non-hydrogen) atoms. The quantitative estimate of drug-likeness (QED) is 0.783. The smallest absolute Gasteiger partial charge is 0.244 e. The highest BCUT2D eigenvalue weighted by Crippen LogP contribution is 2.30. The molecule has 0 unspecified atom stereocenters. The first kappa shape index (κ1) is 15.8. The van der Waals surface area contributed by atoms with Gasteiger partial charge in [0.05, 0.1) is 0 Å². The minimum absolute atomic E-state index is 0.161. The highest BCUT2D eigenvalue weighted by atomic mass is 16.2. The summed E-state index contributed by atoms with van der Waals surface area (Å²) < 4.78 is 0. The van der Waals surface area contributed by atoms with Gasteiger partial charge >= 0.3 is 0 Å². The molecule has 0 spiro atoms. The number of amides is 2. The summed E-state index contributed by atoms with van der Waals surface area (Å²) in [6.45, 7) is 1.49. The van der Waals surface area contributed by atoms with Gasteiger partial charge in [-0.05, 0) is 38.5 Å². The third kappa shape index (κ3) is 3.47. The Bertz CT molecular complexity index is 360. The summed E-state index contributed by atoms with van der Waals surface area (Å²) in [5.74, 6) is 0.772. The number of hydrogen-bond acceptors (Lipinski definition) is 2. The fraction of sp³-hybridized carbons (Fsp3) is 0.889. The molecule has 0 bridgehead atoms. The third-order valence-electron chi connectivity index (χ3n) is 5.70. The van der Waals surface area contributed by atoms with Gasteiger partial charge in [-0.25, -0.2) is 0 Å². The van der Waals surface area contributed by atoms with E-state index in [0.29, 0.717) is 0 Å². The Balaban J connectivity index is 1.67. The first-order valence-electron chi connectivity index (χ1n) is 9.40. The van der Waals surface area contributed by atoms with Crippen LogP contribution >= 0.6 is 0 Å². The Morgan fingerprint density at radius 1 is 0.545 bits per heavy atom. The van der Waals surface area contributed by atoms with E-state index in [-0.39, 0.29) is 23.7 Å². The van der Waals surface area contributed by atoms with Gasteiger partial charge in [-0.2, -0.15) is 0 Å². The molecule has 124 valence electrons. The van der Waals surface area contributed by atoms with Gasteiger partial charge < -0.3 is 0 Å². The first-order valence-corrected chi connectivity index (χ1v) is 9.40. The van der Waals surface area contributed by atoms with Crippen LogP contribution in [0.4, 0.5) is 0 Å². The molecule has 3 rings (SSSR count). The molecule has 1 aliphatic heterocycles. The van der Waals surface area contributed by atoms with Crippen molar-refractivity contribution >= 4 is 11.8 Å². The molecule has 4 heteroatoms. The van der Waals surface area contributed by atoms with E-state index in [4.69, 9.17) is 0 Å². The number of hydrazine groups is 1. The highest BCUT2D eigenvalue weighted by molar-refractivity contribution is 5.85. The second-order valence-electron chi connectivity index (χ2n) is 7.30. The third-order valence-corrected chi connectivity index (χ3v) is 5.70. The van der Waals surface area contributed by atoms with Crippen molar-refractivity contribution in [2.75, 3.05) is 13.1 Å². The van der Waals surface area contributed by atoms with Crippen LogP contribution in [0.25, 0.3) is 0 Å². The van der Waals surface area contributed by atoms with Crippen LogP contribution in [-0.4, -0.2) is 34.9 Å². The van der Waals surface area contributed by atoms with Crippen LogP contribution in [0.1, 0.15) is 77.0 Å². The molecular formula is C18H30N2O2. The SMILES string of the molecule is O=C(C1CCCCC1)N1CCCCN1C(=O)C1CCCCC1. The van der Waals surface area contributed by atoms with Gasteiger partial charge in [0.1, 0.15) is 0 Å². The molecule has 3 fully saturated rings. The number of hydrogen-bond donors (Lipinski definition) is 0. The summed E-state index contributed by atoms with van der Waals surface area (Å²) in [5, 5.41) is 3.66. The van der Waals surface area contributed by atoms with Crippen molar-refractivity contribution in [2.45, 2.75) is 77.0 Å². The van der Waals surface area contributed by atoms with E-state index in [1.54, 1.807) is 0 Å². The normalized spacial score (nSPS) is 25.3. The second-order valence-corrected chi connectivity index (χ2v) is 7.30. The number of rotatable bonds is 2. The van der Waals surface area contributed by atoms with Crippen LogP contribution in [0.5, 0.6) is 0 Å². The lowest BCUT2D eigenvalue weighted by atomic mass is 9.87. The molecule has 3 aliphatic rings. The maximum absolute atomic E-state index is 12.9. The van der Waals surface area contributed by atoms with Gasteiger partial charge in [0, 0.05) is 24.9 Å². The molecule has 0 N–H and O–H groups in total. The van der Waals surface area contributed by atoms with Crippen molar-refractivity contribution in [1.82, 2.24) is 10.0 Å². The average molecular weight is 306 g/mol. The molecule has 0 radical (unpaired) electrons. The summed E-state index contributed by atoms with van der Waals surface area (Å²) in [6.07, 6.45) is 13.3. The largest absolute Gasteiger partial charge is 0.273 e. The van der Waals surface area contributed by atoms with Gasteiger partial charge in [-0.1, -0.05) is 38.5 Å². The molecule has 0 aromatic heterocycles. The Morgan fingerprint density at radius 3 is 1.27 bits per heavy atom. The first-order chi connectivity index (χ1) is 10.8. The van der Waals surface area contributed by atoms with Gasteiger partial charge in [0.25, 0.3) is 0 Å². The summed E-state index contributed by atoms with van der Waals surface area (Å²) in [7, 11) is 0. The Hall–Kier alpha value is -1.06. The lowest BCUT2D eigenvalue weighted by Gasteiger charge is -2.42. The predicted octanol–water partition coefficient (Wildman–Crippen LogP) is 3.51. The van der Waals surface area contributed by atoms with Crippen molar-refractivity contribution in [3.05, 3.63) is 0 Å². The van der Waals surface area contributed by atoms with Gasteiger partial charge in [0.15, 0.2) is 0 Å². The minimum atomic E-state index is 0.161. The van der Waals surface area contributed by atoms with Crippen LogP contribution in [0.2, 0.25) is 0 Å². The molecule has 0 aromatic rings. The predicted molar refractivity (Wildman–Crippen MR) is 85.8 cm³/mol. The zero-order valence-corrected chi connectivity index (χ0v) is 13.8. The molecule has 2 amide bonds. The standard InChI is InChI=1S/C18H30N2O2/c21-17(15-9-3-1-4-10-15)19-13-7-8-14-20(19)18(22)16-11-5-2-6-12-16/h15-16H,1-14H2. The minimum Gasteiger partial charge on any atom is -0.273 e. The molecule has 2 saturated carbocycles. The second kappa shape index (κ2) is 7.47. The maximum Gasteiger partial charge on any atom is 0.244 e. The average Bonchev–Trinajstić information content (AvgIpc) is 2.62. The lowest BCUT2D eigenvalue weighted by molar-refractivity contribution is -0.174. The lowest BCUT2D eigenvalue weighted by Crippen LogP contribution is -2.56. The summed E-state index contributed by atoms with van der Waals surface area (Å²) in [5.41, 5.74) is 0. The molecule has 0 atom stereocenters. The molecule has 0 aromatic carbocycles. The Kier molecular flexibility index (Phi) is 5.37. The molecule has 1 saturated heterocycles. The van der Waals surface area contributed by atoms with Crippen LogP contribution in [0, 0.1) is 11.8 Å². The summed E-state index contributed by atoms with van der Waals surface area (Å²) in [4.78, 5) is 25.8. The number of nitrogens with zero attached hydrogens (tertiary/aromatic N) is 2. The fourth-order valence-electron chi connectivity index (χ4n) is 4.34. The van der Waals surface area contributed by atoms with E-state index >= 15 is 0 Å². The zero-order valence-electron chi connectivity index (χ0n) is 13.8. The monoisotopic (exact) mass is 306 g/mol. The molecule has 4 nitrogen and oxygen atoms in total. The Morgan fingerprint density at radius 2 is 0.909 bits per heavy atom. The summed E-state index contributed by atoms with van der Waals surface area (Å²) in [6, 6.07) is 0. The van der Waals surface area contributed by atoms with E-state index in [1.165, 1.54) is 38.5 Å². The van der Waals surface area contributed by atoms with E-state index < -0.39 is 0 Å². The van der Waals surface area contributed by atoms with Crippen LogP contribution in [0.3, 0.4) is 0 Å². The Labute approximate surface area is 134 Å². The van der Waals surface area contributed by atoms with Crippen LogP contribution in [0.15, 0.2) is 0 Å². The van der Waals surface area contributed by atoms with E-state index in [0.717, 1.165) is 51.6 Å². The van der Waals surface area contributed by atoms with Gasteiger partial charge in [-0.15, -0.1) is 0 Å². The maximum atomic E-state index is 12.9. The fourth-order valence-corrected chi connectivity index (χ4v) is 4.34. The number of carbonyl (C=O) groups excluding carboxylic acids is 2. The van der Waals surface area contributed by atoms with Crippen molar-refractivity contribution in [1.29, 1.82) is 0 Å². The summed E-state index contributed by atoms with van der Waals surface area (Å²) >= 11 is 0. The van der Waals surface area contributed by atoms with Gasteiger partial charge in [0.2, 0.25) is 11.8 Å². The van der Waals surface area contributed by atoms with E-state index in [2.05, 4.69) is 0 Å². The van der Waals surface area contributed by atoms with Gasteiger partial charge in [-0.3, -0.25) is 19.6 Å². The van der Waals surface area contributed by atoms with Crippen molar-refractivity contribution in [3.63, 3.8) is 0 Å². The van der Waals surface area contributed by atoms with Crippen molar-refractivity contribution < 1.29 is 9.59 Å². The molecule has 2 aliphatic carbocycles. The molecular weight excluding hydrogens is 276 g/mol. The van der Waals surface area contributed by atoms with Crippen LogP contribution < -0.4 is 0 Å². The van der Waals surface area contributed by atoms with Crippen molar-refractivity contribution in [3.8, 4) is 0 Å². The van der Waals surface area contributed by atoms with E-state index in [9.17, 15) is 9.59 Å². The highest BCUT2D eigenvalue weighted by Gasteiger charge is 2.36. The zero-order chi connectivity index (χ0) is 15.4. The molecule has 1 heterocycles. The van der Waals surface area contributed by atoms with Crippen LogP contribution in [-0.2, 0) is 9.59 Å². The topological polar surface area (TPSA) is 40.6 Å². The van der Waals surface area contributed by atoms with Crippen molar-refractivity contribution in [2.24, 2.45) is 11.8 Å². The number of carbonyl (C=O) groups is 2.